The third kappa shape index (κ3) is 5.41. The van der Waals surface area contributed by atoms with Crippen molar-refractivity contribution >= 4 is 46.1 Å². The van der Waals surface area contributed by atoms with Gasteiger partial charge in [0.25, 0.3) is 11.5 Å². The molecule has 2 fully saturated rings. The smallest absolute Gasteiger partial charge is 0.270 e. The maximum atomic E-state index is 13.3. The molecule has 2 aliphatic rings. The van der Waals surface area contributed by atoms with Gasteiger partial charge in [0.2, 0.25) is 0 Å². The topological polar surface area (TPSA) is 69.3 Å². The van der Waals surface area contributed by atoms with Crippen molar-refractivity contribution < 1.29 is 4.79 Å². The lowest BCUT2D eigenvalue weighted by molar-refractivity contribution is -0.122. The fourth-order valence-electron chi connectivity index (χ4n) is 5.13. The largest absolute Gasteiger partial charge is 0.357 e. The number of piperidine rings is 1. The van der Waals surface area contributed by atoms with Gasteiger partial charge in [-0.05, 0) is 50.2 Å². The minimum atomic E-state index is -0.260. The highest BCUT2D eigenvalue weighted by molar-refractivity contribution is 8.26. The van der Waals surface area contributed by atoms with Crippen LogP contribution in [0, 0.1) is 30.1 Å². The number of nitriles is 1. The van der Waals surface area contributed by atoms with Crippen molar-refractivity contribution in [1.82, 2.24) is 9.47 Å². The molecule has 6 nitrogen and oxygen atoms in total. The number of aromatic nitrogens is 1. The molecule has 0 aliphatic carbocycles. The highest BCUT2D eigenvalue weighted by Crippen LogP contribution is 2.37. The van der Waals surface area contributed by atoms with E-state index in [0.29, 0.717) is 39.7 Å². The Balaban J connectivity index is 2.09. The van der Waals surface area contributed by atoms with Crippen molar-refractivity contribution in [3.8, 4) is 6.07 Å². The number of amides is 1. The van der Waals surface area contributed by atoms with E-state index in [2.05, 4.69) is 31.7 Å². The van der Waals surface area contributed by atoms with Crippen LogP contribution in [0.2, 0.25) is 0 Å². The fourth-order valence-corrected chi connectivity index (χ4v) is 6.42. The molecule has 2 unspecified atom stereocenters. The minimum absolute atomic E-state index is 0.0787. The average Bonchev–Trinajstić information content (AvgIpc) is 3.05. The summed E-state index contributed by atoms with van der Waals surface area (Å²) in [5.74, 6) is 1.73. The van der Waals surface area contributed by atoms with Crippen molar-refractivity contribution in [1.29, 1.82) is 5.26 Å². The van der Waals surface area contributed by atoms with Crippen molar-refractivity contribution in [2.75, 3.05) is 24.5 Å². The first-order chi connectivity index (χ1) is 16.2. The summed E-state index contributed by atoms with van der Waals surface area (Å²) in [5, 5.41) is 9.77. The molecule has 0 bridgehead atoms. The molecule has 0 saturated carbocycles. The highest BCUT2D eigenvalue weighted by atomic mass is 32.2. The van der Waals surface area contributed by atoms with Gasteiger partial charge in [0, 0.05) is 31.7 Å². The van der Waals surface area contributed by atoms with Crippen LogP contribution in [0.5, 0.6) is 0 Å². The first-order valence-electron chi connectivity index (χ1n) is 12.4. The quantitative estimate of drug-likeness (QED) is 0.274. The van der Waals surface area contributed by atoms with E-state index in [-0.39, 0.29) is 17.0 Å². The lowest BCUT2D eigenvalue weighted by Crippen LogP contribution is -2.42. The number of rotatable bonds is 8. The number of hydrogen-bond donors (Lipinski definition) is 0. The van der Waals surface area contributed by atoms with Crippen LogP contribution in [0.1, 0.15) is 76.5 Å². The second-order valence-corrected chi connectivity index (χ2v) is 11.3. The molecule has 1 aromatic heterocycles. The first kappa shape index (κ1) is 26.5. The van der Waals surface area contributed by atoms with Crippen LogP contribution in [0.4, 0.5) is 5.82 Å². The summed E-state index contributed by atoms with van der Waals surface area (Å²) < 4.78 is 2.28. The molecule has 0 N–H and O–H groups in total. The van der Waals surface area contributed by atoms with E-state index < -0.39 is 0 Å². The zero-order chi connectivity index (χ0) is 25.0. The lowest BCUT2D eigenvalue weighted by atomic mass is 9.91. The molecule has 1 aromatic rings. The number of thiocarbonyl (C=S) groups is 1. The SMILES string of the molecule is CCCCCCN1C(=O)/C(=C\c2c(C)c(C#N)c(=O)n(CC)c2N2CC(C)CC(C)C2)SC1=S. The molecule has 2 saturated heterocycles. The number of thioether (sulfide) groups is 1. The summed E-state index contributed by atoms with van der Waals surface area (Å²) in [6.45, 7) is 13.2. The van der Waals surface area contributed by atoms with Crippen LogP contribution in [0.3, 0.4) is 0 Å². The lowest BCUT2D eigenvalue weighted by Gasteiger charge is -2.38. The monoisotopic (exact) mass is 500 g/mol. The van der Waals surface area contributed by atoms with Crippen LogP contribution >= 0.6 is 24.0 Å². The maximum absolute atomic E-state index is 13.3. The molecule has 184 valence electrons. The number of carbonyl (C=O) groups is 1. The molecule has 3 rings (SSSR count). The van der Waals surface area contributed by atoms with Crippen LogP contribution in [0.15, 0.2) is 9.70 Å². The predicted octanol–water partition coefficient (Wildman–Crippen LogP) is 5.31. The van der Waals surface area contributed by atoms with Gasteiger partial charge in [-0.3, -0.25) is 19.1 Å². The molecule has 8 heteroatoms. The number of hydrogen-bond acceptors (Lipinski definition) is 6. The third-order valence-electron chi connectivity index (χ3n) is 6.72. The molecule has 0 radical (unpaired) electrons. The number of anilines is 1. The second kappa shape index (κ2) is 11.5. The van der Waals surface area contributed by atoms with E-state index >= 15 is 0 Å². The van der Waals surface area contributed by atoms with Crippen LogP contribution < -0.4 is 10.5 Å². The molecular formula is C26H36N4O2S2. The Hall–Kier alpha value is -2.11. The molecule has 2 aliphatic heterocycles. The first-order valence-corrected chi connectivity index (χ1v) is 13.6. The van der Waals surface area contributed by atoms with E-state index in [1.165, 1.54) is 11.8 Å². The average molecular weight is 501 g/mol. The van der Waals surface area contributed by atoms with E-state index in [9.17, 15) is 14.9 Å². The molecule has 0 spiro atoms. The Morgan fingerprint density at radius 1 is 1.15 bits per heavy atom. The summed E-state index contributed by atoms with van der Waals surface area (Å²) >= 11 is 6.85. The second-order valence-electron chi connectivity index (χ2n) is 9.64. The molecule has 1 amide bonds. The summed E-state index contributed by atoms with van der Waals surface area (Å²) in [6, 6.07) is 2.11. The van der Waals surface area contributed by atoms with Crippen LogP contribution in [-0.4, -0.2) is 39.3 Å². The van der Waals surface area contributed by atoms with Crippen LogP contribution in [0.25, 0.3) is 6.08 Å². The van der Waals surface area contributed by atoms with Gasteiger partial charge in [-0.2, -0.15) is 5.26 Å². The normalized spacial score (nSPS) is 22.1. The predicted molar refractivity (Wildman–Crippen MR) is 145 cm³/mol. The van der Waals surface area contributed by atoms with Gasteiger partial charge in [-0.1, -0.05) is 64.0 Å². The minimum Gasteiger partial charge on any atom is -0.357 e. The Bertz CT molecular complexity index is 1080. The van der Waals surface area contributed by atoms with Crippen molar-refractivity contribution in [2.45, 2.75) is 73.3 Å². The van der Waals surface area contributed by atoms with Gasteiger partial charge in [0.15, 0.2) is 0 Å². The zero-order valence-electron chi connectivity index (χ0n) is 21.0. The van der Waals surface area contributed by atoms with Gasteiger partial charge in [0.1, 0.15) is 21.8 Å². The zero-order valence-corrected chi connectivity index (χ0v) is 22.7. The summed E-state index contributed by atoms with van der Waals surface area (Å²) in [7, 11) is 0. The van der Waals surface area contributed by atoms with Gasteiger partial charge >= 0.3 is 0 Å². The summed E-state index contributed by atoms with van der Waals surface area (Å²) in [5.41, 5.74) is 1.30. The van der Waals surface area contributed by atoms with E-state index in [1.807, 2.05) is 19.9 Å². The van der Waals surface area contributed by atoms with Gasteiger partial charge in [-0.25, -0.2) is 0 Å². The van der Waals surface area contributed by atoms with Crippen LogP contribution in [-0.2, 0) is 11.3 Å². The van der Waals surface area contributed by atoms with Crippen molar-refractivity contribution in [2.24, 2.45) is 11.8 Å². The Labute approximate surface area is 213 Å². The Kier molecular flexibility index (Phi) is 9.00. The van der Waals surface area contributed by atoms with Gasteiger partial charge < -0.3 is 4.90 Å². The van der Waals surface area contributed by atoms with E-state index in [4.69, 9.17) is 12.2 Å². The highest BCUT2D eigenvalue weighted by Gasteiger charge is 2.33. The molecular weight excluding hydrogens is 464 g/mol. The number of carbonyl (C=O) groups excluding carboxylic acids is 1. The van der Waals surface area contributed by atoms with Crippen molar-refractivity contribution in [3.63, 3.8) is 0 Å². The summed E-state index contributed by atoms with van der Waals surface area (Å²) in [6.07, 6.45) is 7.31. The Morgan fingerprint density at radius 3 is 2.41 bits per heavy atom. The molecule has 0 aromatic carbocycles. The molecule has 34 heavy (non-hydrogen) atoms. The Morgan fingerprint density at radius 2 is 1.82 bits per heavy atom. The number of pyridine rings is 1. The number of nitrogens with zero attached hydrogens (tertiary/aromatic N) is 4. The number of unbranched alkanes of at least 4 members (excludes halogenated alkanes) is 3. The maximum Gasteiger partial charge on any atom is 0.270 e. The van der Waals surface area contributed by atoms with Gasteiger partial charge in [0.05, 0.1) is 4.91 Å². The molecule has 2 atom stereocenters. The van der Waals surface area contributed by atoms with E-state index in [0.717, 1.165) is 56.6 Å². The standard InChI is InChI=1S/C26H36N4O2S2/c1-6-8-9-10-11-30-25(32)22(34-26(30)33)13-20-19(5)21(14-27)24(31)29(7-2)23(20)28-15-17(3)12-18(4)16-28/h13,17-18H,6-12,15-16H2,1-5H3/b22-13+. The molecule has 3 heterocycles. The van der Waals surface area contributed by atoms with Crippen molar-refractivity contribution in [3.05, 3.63) is 31.9 Å². The van der Waals surface area contributed by atoms with Gasteiger partial charge in [-0.15, -0.1) is 0 Å². The third-order valence-corrected chi connectivity index (χ3v) is 8.09. The van der Waals surface area contributed by atoms with E-state index in [1.54, 1.807) is 9.47 Å². The summed E-state index contributed by atoms with van der Waals surface area (Å²) in [4.78, 5) is 31.0. The fraction of sp³-hybridized carbons (Fsp3) is 0.615.